The van der Waals surface area contributed by atoms with Crippen molar-refractivity contribution in [1.29, 1.82) is 0 Å². The molecule has 0 radical (unpaired) electrons. The summed E-state index contributed by atoms with van der Waals surface area (Å²) in [6.07, 6.45) is 2.21. The first kappa shape index (κ1) is 29.5. The summed E-state index contributed by atoms with van der Waals surface area (Å²) in [5.41, 5.74) is 5.45. The van der Waals surface area contributed by atoms with E-state index in [1.54, 1.807) is 36.8 Å². The molecule has 0 spiro atoms. The average Bonchev–Trinajstić information content (AvgIpc) is 3.44. The van der Waals surface area contributed by atoms with E-state index >= 15 is 0 Å². The summed E-state index contributed by atoms with van der Waals surface area (Å²) in [5, 5.41) is 8.15. The molecule has 4 rings (SSSR count). The highest BCUT2D eigenvalue weighted by atomic mass is 32.1. The maximum absolute atomic E-state index is 13.1. The van der Waals surface area contributed by atoms with Crippen molar-refractivity contribution >= 4 is 45.1 Å². The Morgan fingerprint density at radius 2 is 1.73 bits per heavy atom. The number of thiazole rings is 1. The van der Waals surface area contributed by atoms with Gasteiger partial charge in [0.1, 0.15) is 6.04 Å². The van der Waals surface area contributed by atoms with Gasteiger partial charge in [0.25, 0.3) is 5.91 Å². The van der Waals surface area contributed by atoms with Gasteiger partial charge in [-0.2, -0.15) is 0 Å². The lowest BCUT2D eigenvalue weighted by Gasteiger charge is -2.22. The molecule has 0 fully saturated rings. The van der Waals surface area contributed by atoms with Crippen molar-refractivity contribution in [3.63, 3.8) is 0 Å². The lowest BCUT2D eigenvalue weighted by molar-refractivity contribution is -0.129. The molecule has 2 unspecified atom stereocenters. The molecule has 0 saturated carbocycles. The molecule has 2 heterocycles. The third-order valence-electron chi connectivity index (χ3n) is 6.48. The van der Waals surface area contributed by atoms with Gasteiger partial charge < -0.3 is 16.0 Å². The molecule has 0 aliphatic heterocycles. The van der Waals surface area contributed by atoms with Gasteiger partial charge in [-0.25, -0.2) is 4.98 Å². The third kappa shape index (κ3) is 8.28. The molecule has 9 nitrogen and oxygen atoms in total. The van der Waals surface area contributed by atoms with Crippen molar-refractivity contribution in [2.45, 2.75) is 45.7 Å². The fourth-order valence-corrected chi connectivity index (χ4v) is 5.01. The number of rotatable bonds is 12. The van der Waals surface area contributed by atoms with Crippen LogP contribution >= 0.6 is 11.3 Å². The van der Waals surface area contributed by atoms with Crippen LogP contribution in [0.4, 0.5) is 0 Å². The number of ketones is 1. The Balaban J connectivity index is 1.29. The Morgan fingerprint density at radius 3 is 2.49 bits per heavy atom. The summed E-state index contributed by atoms with van der Waals surface area (Å²) in [4.78, 5) is 59.8. The van der Waals surface area contributed by atoms with Crippen LogP contribution < -0.4 is 16.0 Å². The molecular formula is C31H33N5O4S. The van der Waals surface area contributed by atoms with Crippen molar-refractivity contribution in [2.75, 3.05) is 6.54 Å². The Morgan fingerprint density at radius 1 is 0.902 bits per heavy atom. The summed E-state index contributed by atoms with van der Waals surface area (Å²) in [6.45, 7) is 5.24. The van der Waals surface area contributed by atoms with Gasteiger partial charge in [0, 0.05) is 17.3 Å². The standard InChI is InChI=1S/C31H33N5O4S/c1-19(2)13-26(36-30(39)23-10-11-25-28(16-23)41-18-34-25)31(40)35-20(3)27(37)17-33-29(38)15-21-7-6-8-22(14-21)24-9-4-5-12-32-24/h4-12,14,16,18-20,26H,13,15,17H2,1-3H3,(H,33,38)(H,35,40)(H,36,39). The van der Waals surface area contributed by atoms with Gasteiger partial charge >= 0.3 is 0 Å². The second-order valence-corrected chi connectivity index (χ2v) is 11.1. The summed E-state index contributed by atoms with van der Waals surface area (Å²) in [6, 6.07) is 16.7. The van der Waals surface area contributed by atoms with Crippen LogP contribution in [0.2, 0.25) is 0 Å². The average molecular weight is 572 g/mol. The van der Waals surface area contributed by atoms with Crippen molar-refractivity contribution in [3.05, 3.63) is 83.5 Å². The molecule has 2 aromatic heterocycles. The predicted octanol–water partition coefficient (Wildman–Crippen LogP) is 3.94. The topological polar surface area (TPSA) is 130 Å². The van der Waals surface area contributed by atoms with Crippen LogP contribution in [-0.4, -0.2) is 52.1 Å². The van der Waals surface area contributed by atoms with Crippen molar-refractivity contribution in [1.82, 2.24) is 25.9 Å². The second-order valence-electron chi connectivity index (χ2n) is 10.3. The van der Waals surface area contributed by atoms with Gasteiger partial charge in [-0.15, -0.1) is 11.3 Å². The zero-order chi connectivity index (χ0) is 29.4. The molecule has 2 aromatic carbocycles. The van der Waals surface area contributed by atoms with E-state index < -0.39 is 18.0 Å². The fraction of sp³-hybridized carbons (Fsp3) is 0.290. The lowest BCUT2D eigenvalue weighted by atomic mass is 10.0. The summed E-state index contributed by atoms with van der Waals surface area (Å²) >= 11 is 1.43. The summed E-state index contributed by atoms with van der Waals surface area (Å²) in [7, 11) is 0. The molecule has 212 valence electrons. The maximum atomic E-state index is 13.1. The van der Waals surface area contributed by atoms with Gasteiger partial charge in [0.05, 0.1) is 40.4 Å². The van der Waals surface area contributed by atoms with Crippen molar-refractivity contribution < 1.29 is 19.2 Å². The van der Waals surface area contributed by atoms with Crippen LogP contribution in [0.15, 0.2) is 72.4 Å². The molecular weight excluding hydrogens is 538 g/mol. The Kier molecular flexibility index (Phi) is 9.91. The molecule has 0 aliphatic rings. The highest BCUT2D eigenvalue weighted by Crippen LogP contribution is 2.20. The van der Waals surface area contributed by atoms with Gasteiger partial charge in [-0.05, 0) is 61.2 Å². The Labute approximate surface area is 242 Å². The smallest absolute Gasteiger partial charge is 0.251 e. The van der Waals surface area contributed by atoms with Gasteiger partial charge in [0.15, 0.2) is 5.78 Å². The minimum Gasteiger partial charge on any atom is -0.349 e. The van der Waals surface area contributed by atoms with E-state index in [0.717, 1.165) is 27.0 Å². The number of fused-ring (bicyclic) bond motifs is 1. The van der Waals surface area contributed by atoms with Gasteiger partial charge in [-0.3, -0.25) is 24.2 Å². The summed E-state index contributed by atoms with van der Waals surface area (Å²) in [5.74, 6) is -1.36. The minimum atomic E-state index is -0.851. The van der Waals surface area contributed by atoms with E-state index in [9.17, 15) is 19.2 Å². The van der Waals surface area contributed by atoms with Crippen LogP contribution in [0.5, 0.6) is 0 Å². The van der Waals surface area contributed by atoms with E-state index in [0.29, 0.717) is 12.0 Å². The fourth-order valence-electron chi connectivity index (χ4n) is 4.30. The normalized spacial score (nSPS) is 12.5. The second kappa shape index (κ2) is 13.8. The SMILES string of the molecule is CC(C)CC(NC(=O)c1ccc2ncsc2c1)C(=O)NC(C)C(=O)CNC(=O)Cc1cccc(-c2ccccn2)c1. The zero-order valence-corrected chi connectivity index (χ0v) is 24.0. The number of nitrogens with one attached hydrogen (secondary N) is 3. The number of aromatic nitrogens is 2. The number of hydrogen-bond acceptors (Lipinski definition) is 7. The number of carbonyl (C=O) groups is 4. The van der Waals surface area contributed by atoms with E-state index in [2.05, 4.69) is 25.9 Å². The number of nitrogens with zero attached hydrogens (tertiary/aromatic N) is 2. The van der Waals surface area contributed by atoms with E-state index in [4.69, 9.17) is 0 Å². The number of amides is 3. The lowest BCUT2D eigenvalue weighted by Crippen LogP contribution is -2.52. The van der Waals surface area contributed by atoms with Crippen molar-refractivity contribution in [3.8, 4) is 11.3 Å². The van der Waals surface area contributed by atoms with Crippen LogP contribution in [0.1, 0.15) is 43.1 Å². The molecule has 10 heteroatoms. The van der Waals surface area contributed by atoms with Crippen molar-refractivity contribution in [2.24, 2.45) is 5.92 Å². The molecule has 0 saturated heterocycles. The zero-order valence-electron chi connectivity index (χ0n) is 23.2. The molecule has 0 bridgehead atoms. The number of carbonyl (C=O) groups excluding carboxylic acids is 4. The number of Topliss-reactive ketones (excluding diaryl/α,β-unsaturated/α-hetero) is 1. The maximum Gasteiger partial charge on any atom is 0.251 e. The van der Waals surface area contributed by atoms with Crippen LogP contribution in [0.25, 0.3) is 21.5 Å². The third-order valence-corrected chi connectivity index (χ3v) is 7.27. The molecule has 41 heavy (non-hydrogen) atoms. The molecule has 3 N–H and O–H groups in total. The highest BCUT2D eigenvalue weighted by Gasteiger charge is 2.26. The predicted molar refractivity (Wildman–Crippen MR) is 159 cm³/mol. The van der Waals surface area contributed by atoms with E-state index in [-0.39, 0.29) is 36.5 Å². The largest absolute Gasteiger partial charge is 0.349 e. The molecule has 2 atom stereocenters. The van der Waals surface area contributed by atoms with Gasteiger partial charge in [-0.1, -0.05) is 38.1 Å². The molecule has 0 aliphatic carbocycles. The summed E-state index contributed by atoms with van der Waals surface area (Å²) < 4.78 is 0.879. The Hall–Kier alpha value is -4.44. The minimum absolute atomic E-state index is 0.102. The van der Waals surface area contributed by atoms with Crippen LogP contribution in [-0.2, 0) is 20.8 Å². The number of pyridine rings is 1. The highest BCUT2D eigenvalue weighted by molar-refractivity contribution is 7.16. The molecule has 4 aromatic rings. The quantitative estimate of drug-likeness (QED) is 0.236. The van der Waals surface area contributed by atoms with E-state index in [1.165, 1.54) is 11.3 Å². The number of benzene rings is 2. The first-order chi connectivity index (χ1) is 19.7. The molecule has 3 amide bonds. The first-order valence-corrected chi connectivity index (χ1v) is 14.3. The monoisotopic (exact) mass is 571 g/mol. The Bertz CT molecular complexity index is 1540. The first-order valence-electron chi connectivity index (χ1n) is 13.4. The van der Waals surface area contributed by atoms with E-state index in [1.807, 2.05) is 56.3 Å². The van der Waals surface area contributed by atoms with Crippen LogP contribution in [0.3, 0.4) is 0 Å². The van der Waals surface area contributed by atoms with Gasteiger partial charge in [0.2, 0.25) is 11.8 Å². The van der Waals surface area contributed by atoms with Crippen LogP contribution in [0, 0.1) is 5.92 Å². The number of hydrogen-bond donors (Lipinski definition) is 3.